The second kappa shape index (κ2) is 8.67. The lowest BCUT2D eigenvalue weighted by Gasteiger charge is -2.22. The highest BCUT2D eigenvalue weighted by Gasteiger charge is 2.26. The first-order valence-corrected chi connectivity index (χ1v) is 10.5. The molecule has 1 aromatic carbocycles. The van der Waals surface area contributed by atoms with E-state index in [0.29, 0.717) is 44.6 Å². The third-order valence-corrected chi connectivity index (χ3v) is 6.58. The third-order valence-electron chi connectivity index (χ3n) is 4.51. The molecule has 1 aromatic rings. The number of hydrogen-bond donors (Lipinski definition) is 0. The van der Waals surface area contributed by atoms with Gasteiger partial charge in [0, 0.05) is 31.7 Å². The summed E-state index contributed by atoms with van der Waals surface area (Å²) in [5.74, 6) is 0.901. The topological polar surface area (TPSA) is 66.9 Å². The number of rotatable bonds is 6. The first kappa shape index (κ1) is 19.7. The van der Waals surface area contributed by atoms with E-state index in [1.54, 1.807) is 18.1 Å². The van der Waals surface area contributed by atoms with Crippen LogP contribution in [-0.2, 0) is 16.4 Å². The number of aryl methyl sites for hydroxylation is 1. The molecular formula is C18H28N2O4S. The smallest absolute Gasteiger partial charge is 0.253 e. The van der Waals surface area contributed by atoms with Crippen molar-refractivity contribution in [3.05, 3.63) is 29.3 Å². The van der Waals surface area contributed by atoms with E-state index in [1.807, 2.05) is 26.0 Å². The van der Waals surface area contributed by atoms with Gasteiger partial charge in [-0.2, -0.15) is 0 Å². The molecule has 1 heterocycles. The van der Waals surface area contributed by atoms with Crippen molar-refractivity contribution in [2.75, 3.05) is 39.0 Å². The molecule has 1 aliphatic rings. The van der Waals surface area contributed by atoms with Crippen LogP contribution in [0.5, 0.6) is 5.75 Å². The summed E-state index contributed by atoms with van der Waals surface area (Å²) in [6, 6.07) is 5.47. The van der Waals surface area contributed by atoms with Crippen LogP contribution in [0.1, 0.15) is 42.6 Å². The summed E-state index contributed by atoms with van der Waals surface area (Å²) in [4.78, 5) is 14.6. The zero-order valence-corrected chi connectivity index (χ0v) is 16.1. The number of ether oxygens (including phenoxy) is 1. The Morgan fingerprint density at radius 3 is 2.56 bits per heavy atom. The Balaban J connectivity index is 2.11. The van der Waals surface area contributed by atoms with Crippen molar-refractivity contribution in [3.63, 3.8) is 0 Å². The largest absolute Gasteiger partial charge is 0.496 e. The molecule has 0 saturated carbocycles. The van der Waals surface area contributed by atoms with Crippen molar-refractivity contribution in [2.24, 2.45) is 0 Å². The van der Waals surface area contributed by atoms with Gasteiger partial charge < -0.3 is 9.64 Å². The first-order chi connectivity index (χ1) is 11.9. The summed E-state index contributed by atoms with van der Waals surface area (Å²) < 4.78 is 31.3. The number of amides is 1. The molecule has 25 heavy (non-hydrogen) atoms. The average molecular weight is 368 g/mol. The first-order valence-electron chi connectivity index (χ1n) is 8.87. The number of carbonyl (C=O) groups is 1. The lowest BCUT2D eigenvalue weighted by atomic mass is 10.1. The Hall–Kier alpha value is -1.60. The molecule has 6 nitrogen and oxygen atoms in total. The molecule has 7 heteroatoms. The van der Waals surface area contributed by atoms with Crippen LogP contribution >= 0.6 is 0 Å². The summed E-state index contributed by atoms with van der Waals surface area (Å²) in [5.41, 5.74) is 1.62. The minimum Gasteiger partial charge on any atom is -0.496 e. The fraction of sp³-hybridized carbons (Fsp3) is 0.611. The SMILES string of the molecule is CCCS(=O)(=O)N1CCCN(C(=O)c2ccc(OC)c(CC)c2)CC1. The number of nitrogens with zero attached hydrogens (tertiary/aromatic N) is 2. The molecule has 0 N–H and O–H groups in total. The monoisotopic (exact) mass is 368 g/mol. The van der Waals surface area contributed by atoms with Gasteiger partial charge >= 0.3 is 0 Å². The van der Waals surface area contributed by atoms with Gasteiger partial charge in [0.05, 0.1) is 12.9 Å². The molecule has 0 radical (unpaired) electrons. The van der Waals surface area contributed by atoms with Gasteiger partial charge in [-0.25, -0.2) is 12.7 Å². The number of carbonyl (C=O) groups excluding carboxylic acids is 1. The van der Waals surface area contributed by atoms with Crippen LogP contribution in [0.25, 0.3) is 0 Å². The number of hydrogen-bond acceptors (Lipinski definition) is 4. The van der Waals surface area contributed by atoms with Crippen molar-refractivity contribution >= 4 is 15.9 Å². The van der Waals surface area contributed by atoms with Crippen molar-refractivity contribution in [3.8, 4) is 5.75 Å². The maximum atomic E-state index is 12.8. The number of benzene rings is 1. The van der Waals surface area contributed by atoms with Crippen LogP contribution < -0.4 is 4.74 Å². The predicted octanol–water partition coefficient (Wildman–Crippen LogP) is 2.15. The Morgan fingerprint density at radius 2 is 1.92 bits per heavy atom. The maximum absolute atomic E-state index is 12.8. The molecule has 2 rings (SSSR count). The molecule has 1 fully saturated rings. The van der Waals surface area contributed by atoms with Gasteiger partial charge in [-0.15, -0.1) is 0 Å². The van der Waals surface area contributed by atoms with E-state index in [-0.39, 0.29) is 11.7 Å². The van der Waals surface area contributed by atoms with E-state index in [1.165, 1.54) is 4.31 Å². The number of sulfonamides is 1. The molecule has 1 amide bonds. The van der Waals surface area contributed by atoms with Gasteiger partial charge in [0.2, 0.25) is 10.0 Å². The molecule has 0 aromatic heterocycles. The van der Waals surface area contributed by atoms with Crippen LogP contribution in [0.2, 0.25) is 0 Å². The van der Waals surface area contributed by atoms with E-state index in [4.69, 9.17) is 4.74 Å². The fourth-order valence-electron chi connectivity index (χ4n) is 3.13. The Labute approximate surface area is 150 Å². The Bertz CT molecular complexity index is 703. The van der Waals surface area contributed by atoms with Crippen LogP contribution in [0.15, 0.2) is 18.2 Å². The summed E-state index contributed by atoms with van der Waals surface area (Å²) in [7, 11) is -1.59. The lowest BCUT2D eigenvalue weighted by Crippen LogP contribution is -2.38. The zero-order chi connectivity index (χ0) is 18.4. The van der Waals surface area contributed by atoms with Crippen LogP contribution in [-0.4, -0.2) is 62.6 Å². The van der Waals surface area contributed by atoms with Gasteiger partial charge in [0.25, 0.3) is 5.91 Å². The molecule has 0 spiro atoms. The summed E-state index contributed by atoms with van der Waals surface area (Å²) in [6.07, 6.45) is 2.05. The van der Waals surface area contributed by atoms with Crippen molar-refractivity contribution in [1.82, 2.24) is 9.21 Å². The Kier molecular flexibility index (Phi) is 6.84. The van der Waals surface area contributed by atoms with Gasteiger partial charge in [-0.1, -0.05) is 13.8 Å². The van der Waals surface area contributed by atoms with Gasteiger partial charge in [0.1, 0.15) is 5.75 Å². The second-order valence-electron chi connectivity index (χ2n) is 6.24. The summed E-state index contributed by atoms with van der Waals surface area (Å²) in [6.45, 7) is 5.73. The van der Waals surface area contributed by atoms with E-state index >= 15 is 0 Å². The highest BCUT2D eigenvalue weighted by molar-refractivity contribution is 7.89. The predicted molar refractivity (Wildman–Crippen MR) is 98.5 cm³/mol. The molecular weight excluding hydrogens is 340 g/mol. The van der Waals surface area contributed by atoms with E-state index in [9.17, 15) is 13.2 Å². The molecule has 0 bridgehead atoms. The number of methoxy groups -OCH3 is 1. The minimum atomic E-state index is -3.21. The second-order valence-corrected chi connectivity index (χ2v) is 8.33. The van der Waals surface area contributed by atoms with Gasteiger partial charge in [-0.05, 0) is 43.0 Å². The summed E-state index contributed by atoms with van der Waals surface area (Å²) >= 11 is 0. The third kappa shape index (κ3) is 4.73. The molecule has 140 valence electrons. The normalized spacial score (nSPS) is 16.5. The maximum Gasteiger partial charge on any atom is 0.253 e. The summed E-state index contributed by atoms with van der Waals surface area (Å²) in [5, 5.41) is 0. The molecule has 1 aliphatic heterocycles. The van der Waals surface area contributed by atoms with Crippen LogP contribution in [0.3, 0.4) is 0 Å². The zero-order valence-electron chi connectivity index (χ0n) is 15.3. The molecule has 0 unspecified atom stereocenters. The highest BCUT2D eigenvalue weighted by Crippen LogP contribution is 2.22. The van der Waals surface area contributed by atoms with Crippen LogP contribution in [0.4, 0.5) is 0 Å². The van der Waals surface area contributed by atoms with Crippen molar-refractivity contribution in [1.29, 1.82) is 0 Å². The fourth-order valence-corrected chi connectivity index (χ4v) is 4.67. The van der Waals surface area contributed by atoms with Crippen LogP contribution in [0, 0.1) is 0 Å². The van der Waals surface area contributed by atoms with Gasteiger partial charge in [0.15, 0.2) is 0 Å². The van der Waals surface area contributed by atoms with Gasteiger partial charge in [-0.3, -0.25) is 4.79 Å². The van der Waals surface area contributed by atoms with E-state index < -0.39 is 10.0 Å². The quantitative estimate of drug-likeness (QED) is 0.772. The van der Waals surface area contributed by atoms with Crippen molar-refractivity contribution < 1.29 is 17.9 Å². The molecule has 0 atom stereocenters. The lowest BCUT2D eigenvalue weighted by molar-refractivity contribution is 0.0764. The van der Waals surface area contributed by atoms with E-state index in [0.717, 1.165) is 17.7 Å². The molecule has 0 aliphatic carbocycles. The highest BCUT2D eigenvalue weighted by atomic mass is 32.2. The standard InChI is InChI=1S/C18H28N2O4S/c1-4-13-25(22,23)20-10-6-9-19(11-12-20)18(21)16-7-8-17(24-3)15(5-2)14-16/h7-8,14H,4-6,9-13H2,1-3H3. The minimum absolute atomic E-state index is 0.0490. The van der Waals surface area contributed by atoms with E-state index in [2.05, 4.69) is 0 Å². The Morgan fingerprint density at radius 1 is 1.16 bits per heavy atom. The average Bonchev–Trinajstić information content (AvgIpc) is 2.87. The van der Waals surface area contributed by atoms with Crippen molar-refractivity contribution in [2.45, 2.75) is 33.1 Å². The molecule has 1 saturated heterocycles.